The summed E-state index contributed by atoms with van der Waals surface area (Å²) in [7, 11) is 1.56. The maximum absolute atomic E-state index is 13.1. The number of aromatic hydroxyl groups is 1. The molecule has 6 nitrogen and oxygen atoms in total. The first-order valence-electron chi connectivity index (χ1n) is 10.2. The molecule has 1 atom stereocenters. The van der Waals surface area contributed by atoms with Crippen molar-refractivity contribution in [3.05, 3.63) is 82.4 Å². The molecule has 1 saturated heterocycles. The van der Waals surface area contributed by atoms with Crippen molar-refractivity contribution in [3.8, 4) is 5.75 Å². The number of hydrogen-bond acceptors (Lipinski definition) is 5. The molecule has 0 saturated carbocycles. The second-order valence-corrected chi connectivity index (χ2v) is 7.98. The summed E-state index contributed by atoms with van der Waals surface area (Å²) >= 11 is 6.13. The number of ketones is 1. The molecule has 1 heterocycles. The van der Waals surface area contributed by atoms with Gasteiger partial charge in [0.2, 0.25) is 0 Å². The minimum atomic E-state index is -0.844. The van der Waals surface area contributed by atoms with Crippen molar-refractivity contribution >= 4 is 39.8 Å². The number of likely N-dealkylation sites (tertiary alicyclic amines) is 1. The topological polar surface area (TPSA) is 87.1 Å². The Kier molecular flexibility index (Phi) is 6.17. The number of carbonyl (C=O) groups is 2. The van der Waals surface area contributed by atoms with Crippen LogP contribution in [0.15, 0.2) is 66.2 Å². The number of phenolic OH excluding ortho intramolecular Hbond substituents is 1. The number of amides is 1. The predicted octanol–water partition coefficient (Wildman–Crippen LogP) is 4.66. The van der Waals surface area contributed by atoms with Gasteiger partial charge in [0.05, 0.1) is 16.6 Å². The first-order valence-corrected chi connectivity index (χ1v) is 10.6. The number of phenols is 1. The summed E-state index contributed by atoms with van der Waals surface area (Å²) < 4.78 is 5.09. The lowest BCUT2D eigenvalue weighted by atomic mass is 9.93. The number of hydrogen-bond donors (Lipinski definition) is 2. The number of benzene rings is 3. The molecule has 164 valence electrons. The average molecular weight is 452 g/mol. The number of Topliss-reactive ketones (excluding diaryl/α,β-unsaturated/α-hetero) is 1. The van der Waals surface area contributed by atoms with Crippen molar-refractivity contribution in [1.82, 2.24) is 4.90 Å². The number of rotatable bonds is 6. The molecule has 32 heavy (non-hydrogen) atoms. The van der Waals surface area contributed by atoms with Gasteiger partial charge in [0, 0.05) is 25.8 Å². The van der Waals surface area contributed by atoms with E-state index in [0.717, 1.165) is 10.8 Å². The fourth-order valence-corrected chi connectivity index (χ4v) is 4.30. The van der Waals surface area contributed by atoms with Gasteiger partial charge in [-0.3, -0.25) is 9.59 Å². The molecule has 0 bridgehead atoms. The van der Waals surface area contributed by atoms with Gasteiger partial charge < -0.3 is 19.8 Å². The molecule has 0 aliphatic carbocycles. The van der Waals surface area contributed by atoms with Crippen LogP contribution in [-0.2, 0) is 14.3 Å². The summed E-state index contributed by atoms with van der Waals surface area (Å²) in [5.74, 6) is -1.82. The van der Waals surface area contributed by atoms with Gasteiger partial charge in [-0.15, -0.1) is 0 Å². The highest BCUT2D eigenvalue weighted by molar-refractivity contribution is 6.46. The van der Waals surface area contributed by atoms with Crippen LogP contribution in [-0.4, -0.2) is 47.1 Å². The van der Waals surface area contributed by atoms with Crippen LogP contribution in [0.4, 0.5) is 0 Å². The Bertz CT molecular complexity index is 1230. The molecule has 0 spiro atoms. The molecule has 1 aliphatic heterocycles. The fourth-order valence-electron chi connectivity index (χ4n) is 4.11. The third-order valence-corrected chi connectivity index (χ3v) is 5.92. The molecule has 0 radical (unpaired) electrons. The highest BCUT2D eigenvalue weighted by Gasteiger charge is 2.46. The first kappa shape index (κ1) is 21.9. The average Bonchev–Trinajstić information content (AvgIpc) is 3.05. The number of fused-ring (bicyclic) bond motifs is 1. The molecular formula is C25H22ClNO5. The Labute approximate surface area is 190 Å². The van der Waals surface area contributed by atoms with Crippen LogP contribution < -0.4 is 0 Å². The lowest BCUT2D eigenvalue weighted by Crippen LogP contribution is -2.31. The van der Waals surface area contributed by atoms with Gasteiger partial charge in [-0.1, -0.05) is 60.1 Å². The summed E-state index contributed by atoms with van der Waals surface area (Å²) in [5.41, 5.74) is 0.976. The Morgan fingerprint density at radius 1 is 1.09 bits per heavy atom. The van der Waals surface area contributed by atoms with Crippen molar-refractivity contribution in [1.29, 1.82) is 0 Å². The molecular weight excluding hydrogens is 430 g/mol. The van der Waals surface area contributed by atoms with Crippen molar-refractivity contribution in [2.24, 2.45) is 0 Å². The maximum Gasteiger partial charge on any atom is 0.295 e. The SMILES string of the molecule is COCCCN1C(=O)C(=O)/C(=C(\O)c2cccc3ccccc23)C1c1ccc(O)c(Cl)c1. The molecule has 1 aliphatic rings. The van der Waals surface area contributed by atoms with Crippen LogP contribution in [0.5, 0.6) is 5.75 Å². The molecule has 1 fully saturated rings. The van der Waals surface area contributed by atoms with Gasteiger partial charge in [0.15, 0.2) is 0 Å². The largest absolute Gasteiger partial charge is 0.507 e. The Balaban J connectivity index is 1.91. The highest BCUT2D eigenvalue weighted by atomic mass is 35.5. The number of methoxy groups -OCH3 is 1. The van der Waals surface area contributed by atoms with E-state index in [1.165, 1.54) is 17.0 Å². The summed E-state index contributed by atoms with van der Waals surface area (Å²) in [5, 5.41) is 22.9. The lowest BCUT2D eigenvalue weighted by molar-refractivity contribution is -0.140. The minimum Gasteiger partial charge on any atom is -0.507 e. The quantitative estimate of drug-likeness (QED) is 0.246. The fraction of sp³-hybridized carbons (Fsp3) is 0.200. The molecule has 2 N–H and O–H groups in total. The second-order valence-electron chi connectivity index (χ2n) is 7.58. The van der Waals surface area contributed by atoms with Crippen molar-refractivity contribution < 1.29 is 24.5 Å². The molecule has 1 unspecified atom stereocenters. The Hall–Kier alpha value is -3.35. The molecule has 4 rings (SSSR count). The van der Waals surface area contributed by atoms with Crippen molar-refractivity contribution in [2.75, 3.05) is 20.3 Å². The van der Waals surface area contributed by atoms with Gasteiger partial charge in [-0.25, -0.2) is 0 Å². The van der Waals surface area contributed by atoms with E-state index in [1.807, 2.05) is 30.3 Å². The molecule has 3 aromatic rings. The number of ether oxygens (including phenoxy) is 1. The van der Waals surface area contributed by atoms with Crippen LogP contribution in [0.1, 0.15) is 23.6 Å². The molecule has 7 heteroatoms. The van der Waals surface area contributed by atoms with Crippen molar-refractivity contribution in [3.63, 3.8) is 0 Å². The highest BCUT2D eigenvalue weighted by Crippen LogP contribution is 2.42. The Morgan fingerprint density at radius 3 is 2.59 bits per heavy atom. The van der Waals surface area contributed by atoms with E-state index in [2.05, 4.69) is 0 Å². The Morgan fingerprint density at radius 2 is 1.84 bits per heavy atom. The third-order valence-electron chi connectivity index (χ3n) is 5.62. The standard InChI is InChI=1S/C25H22ClNO5/c1-32-13-5-12-27-22(16-10-11-20(28)19(26)14-16)21(24(30)25(27)31)23(29)18-9-4-7-15-6-2-3-8-17(15)18/h2-4,6-11,14,22,28-29H,5,12-13H2,1H3/b23-21-. The predicted molar refractivity (Wildman–Crippen MR) is 123 cm³/mol. The van der Waals surface area contributed by atoms with E-state index in [1.54, 1.807) is 25.3 Å². The number of carbonyl (C=O) groups excluding carboxylic acids is 2. The zero-order chi connectivity index (χ0) is 22.8. The van der Waals surface area contributed by atoms with Gasteiger partial charge in [-0.2, -0.15) is 0 Å². The second kappa shape index (κ2) is 9.02. The zero-order valence-electron chi connectivity index (χ0n) is 17.4. The summed E-state index contributed by atoms with van der Waals surface area (Å²) in [4.78, 5) is 27.5. The van der Waals surface area contributed by atoms with Gasteiger partial charge >= 0.3 is 0 Å². The molecule has 0 aromatic heterocycles. The van der Waals surface area contributed by atoms with E-state index in [-0.39, 0.29) is 28.6 Å². The summed E-state index contributed by atoms with van der Waals surface area (Å²) in [6.45, 7) is 0.670. The van der Waals surface area contributed by atoms with E-state index in [9.17, 15) is 19.8 Å². The van der Waals surface area contributed by atoms with Crippen molar-refractivity contribution in [2.45, 2.75) is 12.5 Å². The number of nitrogens with zero attached hydrogens (tertiary/aromatic N) is 1. The van der Waals surface area contributed by atoms with E-state index < -0.39 is 17.7 Å². The number of aliphatic hydroxyl groups is 1. The van der Waals surface area contributed by atoms with Gasteiger partial charge in [0.1, 0.15) is 11.5 Å². The lowest BCUT2D eigenvalue weighted by Gasteiger charge is -2.25. The number of aliphatic hydroxyl groups excluding tert-OH is 1. The van der Waals surface area contributed by atoms with Crippen LogP contribution in [0.25, 0.3) is 16.5 Å². The normalized spacial score (nSPS) is 17.9. The minimum absolute atomic E-state index is 0.00877. The van der Waals surface area contributed by atoms with E-state index in [4.69, 9.17) is 16.3 Å². The van der Waals surface area contributed by atoms with Crippen LogP contribution in [0.2, 0.25) is 5.02 Å². The zero-order valence-corrected chi connectivity index (χ0v) is 18.2. The van der Waals surface area contributed by atoms with Crippen LogP contribution in [0, 0.1) is 0 Å². The smallest absolute Gasteiger partial charge is 0.295 e. The number of halogens is 1. The maximum atomic E-state index is 13.1. The van der Waals surface area contributed by atoms with E-state index >= 15 is 0 Å². The third kappa shape index (κ3) is 3.83. The van der Waals surface area contributed by atoms with Crippen LogP contribution >= 0.6 is 11.6 Å². The van der Waals surface area contributed by atoms with Gasteiger partial charge in [0.25, 0.3) is 11.7 Å². The van der Waals surface area contributed by atoms with Gasteiger partial charge in [-0.05, 0) is 34.9 Å². The summed E-state index contributed by atoms with van der Waals surface area (Å²) in [6.07, 6.45) is 0.514. The molecule has 1 amide bonds. The molecule has 3 aromatic carbocycles. The van der Waals surface area contributed by atoms with E-state index in [0.29, 0.717) is 24.2 Å². The van der Waals surface area contributed by atoms with Crippen LogP contribution in [0.3, 0.4) is 0 Å². The monoisotopic (exact) mass is 451 g/mol. The first-order chi connectivity index (χ1) is 15.4. The summed E-state index contributed by atoms with van der Waals surface area (Å²) in [6, 6.07) is 16.6.